The zero-order valence-electron chi connectivity index (χ0n) is 23.1. The SMILES string of the molecule is CCN(CC)CCCN1C(=O)C(=O)C(=C(O)c2c(C)nc3ccccn23)C1c1cccc(Oc2ccccc2)c1. The van der Waals surface area contributed by atoms with Crippen LogP contribution in [0.25, 0.3) is 11.4 Å². The molecule has 1 aliphatic rings. The Morgan fingerprint density at radius 2 is 1.70 bits per heavy atom. The van der Waals surface area contributed by atoms with Gasteiger partial charge in [0, 0.05) is 12.7 Å². The first-order valence-electron chi connectivity index (χ1n) is 13.7. The second-order valence-electron chi connectivity index (χ2n) is 9.84. The van der Waals surface area contributed by atoms with Gasteiger partial charge in [-0.25, -0.2) is 4.98 Å². The van der Waals surface area contributed by atoms with Crippen LogP contribution in [0.15, 0.2) is 84.6 Å². The summed E-state index contributed by atoms with van der Waals surface area (Å²) in [5.41, 5.74) is 2.35. The summed E-state index contributed by atoms with van der Waals surface area (Å²) in [4.78, 5) is 35.5. The van der Waals surface area contributed by atoms with Crippen molar-refractivity contribution in [2.45, 2.75) is 33.2 Å². The maximum Gasteiger partial charge on any atom is 0.295 e. The molecule has 0 spiro atoms. The Morgan fingerprint density at radius 1 is 0.975 bits per heavy atom. The quantitative estimate of drug-likeness (QED) is 0.161. The van der Waals surface area contributed by atoms with Crippen LogP contribution in [0.1, 0.15) is 43.3 Å². The number of para-hydroxylation sites is 1. The molecule has 1 N–H and O–H groups in total. The largest absolute Gasteiger partial charge is 0.505 e. The lowest BCUT2D eigenvalue weighted by Gasteiger charge is -2.27. The van der Waals surface area contributed by atoms with E-state index in [-0.39, 0.29) is 11.3 Å². The Hall–Kier alpha value is -4.43. The van der Waals surface area contributed by atoms with Crippen molar-refractivity contribution in [1.82, 2.24) is 19.2 Å². The fourth-order valence-corrected chi connectivity index (χ4v) is 5.36. The molecule has 206 valence electrons. The number of fused-ring (bicyclic) bond motifs is 1. The van der Waals surface area contributed by atoms with Crippen molar-refractivity contribution in [1.29, 1.82) is 0 Å². The van der Waals surface area contributed by atoms with E-state index in [1.807, 2.05) is 72.8 Å². The van der Waals surface area contributed by atoms with Crippen LogP contribution in [0.3, 0.4) is 0 Å². The van der Waals surface area contributed by atoms with Crippen LogP contribution in [-0.2, 0) is 9.59 Å². The molecular weight excluding hydrogens is 504 g/mol. The summed E-state index contributed by atoms with van der Waals surface area (Å²) >= 11 is 0. The predicted molar refractivity (Wildman–Crippen MR) is 154 cm³/mol. The standard InChI is InChI=1S/C32H34N4O4/c1-4-34(5-2)18-12-20-36-29(23-13-11-16-25(21-23)40-24-14-7-6-8-15-24)27(31(38)32(36)39)30(37)28-22(3)33-26-17-9-10-19-35(26)28/h6-11,13-17,19,21,29,37H,4-5,12,18,20H2,1-3H3. The highest BCUT2D eigenvalue weighted by Crippen LogP contribution is 2.41. The normalized spacial score (nSPS) is 16.8. The number of ether oxygens (including phenoxy) is 1. The Morgan fingerprint density at radius 3 is 2.45 bits per heavy atom. The number of carbonyl (C=O) groups is 2. The fraction of sp³-hybridized carbons (Fsp3) is 0.281. The molecule has 8 heteroatoms. The molecule has 8 nitrogen and oxygen atoms in total. The summed E-state index contributed by atoms with van der Waals surface area (Å²) in [7, 11) is 0. The van der Waals surface area contributed by atoms with Gasteiger partial charge in [-0.1, -0.05) is 50.2 Å². The third kappa shape index (κ3) is 5.22. The molecule has 0 aliphatic carbocycles. The second-order valence-corrected chi connectivity index (χ2v) is 9.84. The number of carbonyl (C=O) groups excluding carboxylic acids is 2. The number of likely N-dealkylation sites (tertiary alicyclic amines) is 1. The number of aliphatic hydroxyl groups is 1. The average molecular weight is 539 g/mol. The van der Waals surface area contributed by atoms with Crippen LogP contribution in [0.4, 0.5) is 0 Å². The third-order valence-electron chi connectivity index (χ3n) is 7.39. The summed E-state index contributed by atoms with van der Waals surface area (Å²) in [5.74, 6) is -0.310. The van der Waals surface area contributed by atoms with E-state index in [0.29, 0.717) is 47.1 Å². The lowest BCUT2D eigenvalue weighted by atomic mass is 9.96. The molecule has 1 unspecified atom stereocenters. The molecule has 0 saturated carbocycles. The van der Waals surface area contributed by atoms with Gasteiger partial charge in [0.2, 0.25) is 0 Å². The molecule has 40 heavy (non-hydrogen) atoms. The number of ketones is 1. The van der Waals surface area contributed by atoms with E-state index in [4.69, 9.17) is 4.74 Å². The van der Waals surface area contributed by atoms with E-state index in [1.165, 1.54) is 0 Å². The molecule has 1 amide bonds. The van der Waals surface area contributed by atoms with E-state index < -0.39 is 17.7 Å². The highest BCUT2D eigenvalue weighted by molar-refractivity contribution is 6.46. The molecule has 1 aliphatic heterocycles. The Balaban J connectivity index is 1.60. The van der Waals surface area contributed by atoms with E-state index in [2.05, 4.69) is 23.7 Å². The van der Waals surface area contributed by atoms with Gasteiger partial charge in [0.15, 0.2) is 5.76 Å². The van der Waals surface area contributed by atoms with Crippen LogP contribution >= 0.6 is 0 Å². The molecule has 1 saturated heterocycles. The number of pyridine rings is 1. The van der Waals surface area contributed by atoms with Gasteiger partial charge >= 0.3 is 0 Å². The summed E-state index contributed by atoms with van der Waals surface area (Å²) < 4.78 is 7.81. The van der Waals surface area contributed by atoms with Gasteiger partial charge in [0.05, 0.1) is 17.3 Å². The molecule has 0 bridgehead atoms. The number of aromatic nitrogens is 2. The molecule has 3 heterocycles. The smallest absolute Gasteiger partial charge is 0.295 e. The highest BCUT2D eigenvalue weighted by Gasteiger charge is 2.46. The fourth-order valence-electron chi connectivity index (χ4n) is 5.36. The first-order chi connectivity index (χ1) is 19.4. The summed E-state index contributed by atoms with van der Waals surface area (Å²) in [6, 6.07) is 21.5. The van der Waals surface area contributed by atoms with Gasteiger partial charge in [0.1, 0.15) is 22.8 Å². The van der Waals surface area contributed by atoms with E-state index in [9.17, 15) is 14.7 Å². The van der Waals surface area contributed by atoms with Crippen LogP contribution in [0.2, 0.25) is 0 Å². The number of Topliss-reactive ketones (excluding diaryl/α,β-unsaturated/α-hetero) is 1. The third-order valence-corrected chi connectivity index (χ3v) is 7.39. The van der Waals surface area contributed by atoms with Crippen molar-refractivity contribution >= 4 is 23.1 Å². The number of aliphatic hydroxyl groups excluding tert-OH is 1. The number of hydrogen-bond donors (Lipinski definition) is 1. The predicted octanol–water partition coefficient (Wildman–Crippen LogP) is 5.59. The lowest BCUT2D eigenvalue weighted by molar-refractivity contribution is -0.140. The number of nitrogens with zero attached hydrogens (tertiary/aromatic N) is 4. The molecular formula is C32H34N4O4. The Kier molecular flexibility index (Phi) is 7.98. The zero-order valence-corrected chi connectivity index (χ0v) is 23.1. The van der Waals surface area contributed by atoms with E-state index in [0.717, 1.165) is 19.6 Å². The minimum Gasteiger partial charge on any atom is -0.505 e. The number of imidazole rings is 1. The van der Waals surface area contributed by atoms with Crippen LogP contribution in [-0.4, -0.2) is 62.2 Å². The average Bonchev–Trinajstić information content (AvgIpc) is 3.44. The molecule has 2 aromatic heterocycles. The Bertz CT molecular complexity index is 1560. The highest BCUT2D eigenvalue weighted by atomic mass is 16.5. The minimum atomic E-state index is -0.773. The van der Waals surface area contributed by atoms with Gasteiger partial charge < -0.3 is 19.6 Å². The molecule has 2 aromatic carbocycles. The van der Waals surface area contributed by atoms with Crippen LogP contribution in [0.5, 0.6) is 11.5 Å². The van der Waals surface area contributed by atoms with Gasteiger partial charge in [-0.2, -0.15) is 0 Å². The number of amides is 1. The number of rotatable bonds is 10. The lowest BCUT2D eigenvalue weighted by Crippen LogP contribution is -2.33. The van der Waals surface area contributed by atoms with Crippen LogP contribution < -0.4 is 4.74 Å². The zero-order chi connectivity index (χ0) is 28.2. The molecule has 1 atom stereocenters. The van der Waals surface area contributed by atoms with Crippen molar-refractivity contribution in [3.8, 4) is 11.5 Å². The topological polar surface area (TPSA) is 87.4 Å². The number of hydrogen-bond acceptors (Lipinski definition) is 6. The summed E-state index contributed by atoms with van der Waals surface area (Å²) in [6.45, 7) is 8.98. The second kappa shape index (κ2) is 11.8. The van der Waals surface area contributed by atoms with E-state index >= 15 is 0 Å². The monoisotopic (exact) mass is 538 g/mol. The van der Waals surface area contributed by atoms with Gasteiger partial charge in [-0.05, 0) is 74.9 Å². The molecule has 1 fully saturated rings. The van der Waals surface area contributed by atoms with Gasteiger partial charge in [0.25, 0.3) is 11.7 Å². The Labute approximate surface area is 234 Å². The van der Waals surface area contributed by atoms with Crippen molar-refractivity contribution < 1.29 is 19.4 Å². The van der Waals surface area contributed by atoms with Gasteiger partial charge in [-0.3, -0.25) is 14.0 Å². The van der Waals surface area contributed by atoms with Crippen molar-refractivity contribution in [3.63, 3.8) is 0 Å². The first kappa shape index (κ1) is 27.1. The molecule has 4 aromatic rings. The summed E-state index contributed by atoms with van der Waals surface area (Å²) in [6.07, 6.45) is 2.48. The summed E-state index contributed by atoms with van der Waals surface area (Å²) in [5, 5.41) is 11.7. The van der Waals surface area contributed by atoms with Crippen molar-refractivity contribution in [2.24, 2.45) is 0 Å². The van der Waals surface area contributed by atoms with E-state index in [1.54, 1.807) is 22.4 Å². The number of aryl methyl sites for hydroxylation is 1. The maximum absolute atomic E-state index is 13.6. The maximum atomic E-state index is 13.6. The van der Waals surface area contributed by atoms with Crippen molar-refractivity contribution in [2.75, 3.05) is 26.2 Å². The molecule has 5 rings (SSSR count). The van der Waals surface area contributed by atoms with Crippen molar-refractivity contribution in [3.05, 3.63) is 102 Å². The molecule has 0 radical (unpaired) electrons. The first-order valence-corrected chi connectivity index (χ1v) is 13.7. The van der Waals surface area contributed by atoms with Gasteiger partial charge in [-0.15, -0.1) is 0 Å². The number of benzene rings is 2. The minimum absolute atomic E-state index is 0.0541. The van der Waals surface area contributed by atoms with Crippen LogP contribution in [0, 0.1) is 6.92 Å².